The summed E-state index contributed by atoms with van der Waals surface area (Å²) in [5.74, 6) is -1.80. The van der Waals surface area contributed by atoms with Crippen molar-refractivity contribution in [2.24, 2.45) is 0 Å². The van der Waals surface area contributed by atoms with E-state index in [2.05, 4.69) is 6.58 Å². The van der Waals surface area contributed by atoms with Gasteiger partial charge in [0.15, 0.2) is 0 Å². The second kappa shape index (κ2) is 19.7. The molecule has 2 aromatic rings. The number of carboxylic acids is 2. The van der Waals surface area contributed by atoms with Crippen molar-refractivity contribution >= 4 is 17.9 Å². The molecule has 0 aliphatic carbocycles. The topological polar surface area (TPSA) is 110 Å². The lowest BCUT2D eigenvalue weighted by Crippen LogP contribution is -2.06. The standard InChI is InChI=1S/C21H32O3.C8H6O4/c1-2-21(22)24-19-15-10-8-6-4-3-5-7-9-14-18-23-20-16-12-11-13-17-20;9-7(10)5-3-1-2-4-6(5)8(11)12/h2,11-13,16-17H,1,3-10,14-15,18-19H2;1-4H,(H,9,10)(H,11,12). The van der Waals surface area contributed by atoms with Crippen LogP contribution in [0.1, 0.15) is 84.9 Å². The number of carboxylic acid groups (broad SMARTS) is 2. The quantitative estimate of drug-likeness (QED) is 0.140. The highest BCUT2D eigenvalue weighted by Gasteiger charge is 2.13. The number of aromatic carboxylic acids is 2. The Hall–Kier alpha value is -3.61. The van der Waals surface area contributed by atoms with Crippen LogP contribution in [0, 0.1) is 0 Å². The van der Waals surface area contributed by atoms with E-state index in [9.17, 15) is 14.4 Å². The normalized spacial score (nSPS) is 10.0. The fraction of sp³-hybridized carbons (Fsp3) is 0.414. The average molecular weight is 499 g/mol. The zero-order chi connectivity index (χ0) is 26.4. The molecule has 2 N–H and O–H groups in total. The largest absolute Gasteiger partial charge is 0.494 e. The van der Waals surface area contributed by atoms with Gasteiger partial charge >= 0.3 is 17.9 Å². The molecule has 0 spiro atoms. The van der Waals surface area contributed by atoms with Gasteiger partial charge in [0, 0.05) is 6.08 Å². The lowest BCUT2D eigenvalue weighted by molar-refractivity contribution is -0.137. The highest BCUT2D eigenvalue weighted by Crippen LogP contribution is 2.12. The molecule has 0 aliphatic rings. The molecule has 7 nitrogen and oxygen atoms in total. The molecule has 0 atom stereocenters. The van der Waals surface area contributed by atoms with Crippen molar-refractivity contribution in [1.82, 2.24) is 0 Å². The van der Waals surface area contributed by atoms with E-state index in [-0.39, 0.29) is 17.1 Å². The zero-order valence-corrected chi connectivity index (χ0v) is 20.9. The van der Waals surface area contributed by atoms with Gasteiger partial charge in [0.1, 0.15) is 5.75 Å². The fourth-order valence-electron chi connectivity index (χ4n) is 3.41. The summed E-state index contributed by atoms with van der Waals surface area (Å²) in [4.78, 5) is 31.8. The first-order valence-electron chi connectivity index (χ1n) is 12.5. The van der Waals surface area contributed by atoms with Gasteiger partial charge in [-0.15, -0.1) is 0 Å². The van der Waals surface area contributed by atoms with Gasteiger partial charge in [-0.1, -0.05) is 88.3 Å². The molecule has 0 amide bonds. The van der Waals surface area contributed by atoms with Gasteiger partial charge in [-0.25, -0.2) is 14.4 Å². The Morgan fingerprint density at radius 3 is 1.50 bits per heavy atom. The summed E-state index contributed by atoms with van der Waals surface area (Å²) in [5.41, 5.74) is -0.380. The molecule has 0 saturated carbocycles. The molecule has 0 aliphatic heterocycles. The van der Waals surface area contributed by atoms with Gasteiger partial charge in [0.05, 0.1) is 24.3 Å². The lowest BCUT2D eigenvalue weighted by atomic mass is 10.1. The number of ether oxygens (including phenoxy) is 2. The molecule has 196 valence electrons. The van der Waals surface area contributed by atoms with Crippen LogP contribution in [-0.2, 0) is 9.53 Å². The number of hydrogen-bond acceptors (Lipinski definition) is 5. The molecule has 7 heteroatoms. The van der Waals surface area contributed by atoms with Gasteiger partial charge in [-0.2, -0.15) is 0 Å². The second-order valence-electron chi connectivity index (χ2n) is 8.22. The molecule has 0 radical (unpaired) electrons. The molecular formula is C29H38O7. The van der Waals surface area contributed by atoms with E-state index < -0.39 is 11.9 Å². The third-order valence-corrected chi connectivity index (χ3v) is 5.35. The monoisotopic (exact) mass is 498 g/mol. The molecule has 0 heterocycles. The predicted octanol–water partition coefficient (Wildman–Crippen LogP) is 6.78. The number of unbranched alkanes of at least 4 members (excludes halogenated alkanes) is 9. The first-order chi connectivity index (χ1) is 17.5. The third kappa shape index (κ3) is 14.6. The first kappa shape index (κ1) is 30.4. The maximum Gasteiger partial charge on any atom is 0.336 e. The highest BCUT2D eigenvalue weighted by molar-refractivity contribution is 6.01. The molecule has 0 saturated heterocycles. The van der Waals surface area contributed by atoms with Crippen LogP contribution in [-0.4, -0.2) is 41.3 Å². The minimum absolute atomic E-state index is 0.190. The van der Waals surface area contributed by atoms with Crippen LogP contribution in [0.2, 0.25) is 0 Å². The van der Waals surface area contributed by atoms with E-state index in [1.807, 2.05) is 30.3 Å². The molecule has 2 aromatic carbocycles. The van der Waals surface area contributed by atoms with Crippen molar-refractivity contribution < 1.29 is 34.1 Å². The van der Waals surface area contributed by atoms with Crippen molar-refractivity contribution in [3.63, 3.8) is 0 Å². The van der Waals surface area contributed by atoms with Gasteiger partial charge in [0.25, 0.3) is 0 Å². The van der Waals surface area contributed by atoms with Crippen molar-refractivity contribution in [3.8, 4) is 5.75 Å². The molecular weight excluding hydrogens is 460 g/mol. The minimum atomic E-state index is -1.23. The number of para-hydroxylation sites is 1. The summed E-state index contributed by atoms with van der Waals surface area (Å²) in [6, 6.07) is 15.5. The number of benzene rings is 2. The summed E-state index contributed by atoms with van der Waals surface area (Å²) in [7, 11) is 0. The SMILES string of the molecule is C=CC(=O)OCCCCCCCCCCCCOc1ccccc1.O=C(O)c1ccccc1C(=O)O. The predicted molar refractivity (Wildman–Crippen MR) is 140 cm³/mol. The van der Waals surface area contributed by atoms with E-state index in [1.54, 1.807) is 0 Å². The second-order valence-corrected chi connectivity index (χ2v) is 8.22. The first-order valence-corrected chi connectivity index (χ1v) is 12.5. The number of carbonyl (C=O) groups is 3. The summed E-state index contributed by atoms with van der Waals surface area (Å²) in [6.45, 7) is 4.72. The van der Waals surface area contributed by atoms with E-state index in [4.69, 9.17) is 19.7 Å². The highest BCUT2D eigenvalue weighted by atomic mass is 16.5. The van der Waals surface area contributed by atoms with E-state index in [0.717, 1.165) is 31.6 Å². The van der Waals surface area contributed by atoms with Gasteiger partial charge < -0.3 is 19.7 Å². The van der Waals surface area contributed by atoms with Crippen LogP contribution in [0.5, 0.6) is 5.75 Å². The number of rotatable bonds is 17. The van der Waals surface area contributed by atoms with Crippen molar-refractivity contribution in [3.05, 3.63) is 78.4 Å². The number of hydrogen-bond donors (Lipinski definition) is 2. The van der Waals surface area contributed by atoms with E-state index in [0.29, 0.717) is 6.61 Å². The third-order valence-electron chi connectivity index (χ3n) is 5.35. The van der Waals surface area contributed by atoms with E-state index in [1.165, 1.54) is 75.3 Å². The Bertz CT molecular complexity index is 876. The van der Waals surface area contributed by atoms with Crippen LogP contribution in [0.25, 0.3) is 0 Å². The van der Waals surface area contributed by atoms with Crippen molar-refractivity contribution in [2.45, 2.75) is 64.2 Å². The molecule has 2 rings (SSSR count). The Morgan fingerprint density at radius 2 is 1.06 bits per heavy atom. The van der Waals surface area contributed by atoms with Crippen molar-refractivity contribution in [1.29, 1.82) is 0 Å². The molecule has 0 bridgehead atoms. The Morgan fingerprint density at radius 1 is 0.639 bits per heavy atom. The van der Waals surface area contributed by atoms with Gasteiger partial charge in [0.2, 0.25) is 0 Å². The maximum atomic E-state index is 10.8. The summed E-state index contributed by atoms with van der Waals surface area (Å²) >= 11 is 0. The average Bonchev–Trinajstić information content (AvgIpc) is 2.89. The lowest BCUT2D eigenvalue weighted by Gasteiger charge is -2.06. The van der Waals surface area contributed by atoms with Gasteiger partial charge in [-0.3, -0.25) is 0 Å². The maximum absolute atomic E-state index is 10.8. The van der Waals surface area contributed by atoms with Crippen molar-refractivity contribution in [2.75, 3.05) is 13.2 Å². The summed E-state index contributed by atoms with van der Waals surface area (Å²) in [5, 5.41) is 17.1. The summed E-state index contributed by atoms with van der Waals surface area (Å²) in [6.07, 6.45) is 13.5. The van der Waals surface area contributed by atoms with Crippen LogP contribution in [0.4, 0.5) is 0 Å². The molecule has 0 fully saturated rings. The van der Waals surface area contributed by atoms with E-state index >= 15 is 0 Å². The minimum Gasteiger partial charge on any atom is -0.494 e. The Balaban J connectivity index is 0.000000450. The fourth-order valence-corrected chi connectivity index (χ4v) is 3.41. The number of carbonyl (C=O) groups excluding carboxylic acids is 1. The van der Waals surface area contributed by atoms with Crippen LogP contribution in [0.15, 0.2) is 67.3 Å². The zero-order valence-electron chi connectivity index (χ0n) is 20.9. The Labute approximate surface area is 213 Å². The van der Waals surface area contributed by atoms with Gasteiger partial charge in [-0.05, 0) is 37.1 Å². The number of esters is 1. The molecule has 0 unspecified atom stereocenters. The summed E-state index contributed by atoms with van der Waals surface area (Å²) < 4.78 is 10.6. The van der Waals surface area contributed by atoms with Crippen LogP contribution >= 0.6 is 0 Å². The molecule has 36 heavy (non-hydrogen) atoms. The Kier molecular flexibility index (Phi) is 16.6. The van der Waals surface area contributed by atoms with Crippen LogP contribution < -0.4 is 4.74 Å². The molecule has 0 aromatic heterocycles. The smallest absolute Gasteiger partial charge is 0.336 e. The van der Waals surface area contributed by atoms with Crippen LogP contribution in [0.3, 0.4) is 0 Å².